The minimum Gasteiger partial charge on any atom is -0.497 e. The first kappa shape index (κ1) is 34.4. The zero-order valence-electron chi connectivity index (χ0n) is 27.0. The molecule has 0 saturated heterocycles. The van der Waals surface area contributed by atoms with Crippen molar-refractivity contribution < 1.29 is 37.0 Å². The van der Waals surface area contributed by atoms with Gasteiger partial charge in [-0.15, -0.1) is 0 Å². The summed E-state index contributed by atoms with van der Waals surface area (Å²) in [6.07, 6.45) is 3.86. The summed E-state index contributed by atoms with van der Waals surface area (Å²) in [6, 6.07) is 17.1. The molecule has 0 aromatic heterocycles. The molecule has 2 amide bonds. The van der Waals surface area contributed by atoms with Crippen molar-refractivity contribution in [3.05, 3.63) is 72.3 Å². The highest BCUT2D eigenvalue weighted by atomic mass is 32.2. The minimum atomic E-state index is -4.32. The van der Waals surface area contributed by atoms with Crippen molar-refractivity contribution in [1.82, 2.24) is 10.2 Å². The van der Waals surface area contributed by atoms with E-state index in [0.29, 0.717) is 23.9 Å². The van der Waals surface area contributed by atoms with E-state index in [1.54, 1.807) is 50.4 Å². The molecule has 4 rings (SSSR count). The molecular formula is C34H43N3O8S. The monoisotopic (exact) mass is 653 g/mol. The predicted molar refractivity (Wildman–Crippen MR) is 175 cm³/mol. The van der Waals surface area contributed by atoms with Crippen LogP contribution in [0.4, 0.5) is 5.69 Å². The van der Waals surface area contributed by atoms with Gasteiger partial charge in [-0.25, -0.2) is 8.42 Å². The van der Waals surface area contributed by atoms with E-state index < -0.39 is 28.5 Å². The van der Waals surface area contributed by atoms with Gasteiger partial charge in [0, 0.05) is 18.7 Å². The summed E-state index contributed by atoms with van der Waals surface area (Å²) in [7, 11) is 0.115. The molecule has 3 aromatic carbocycles. The van der Waals surface area contributed by atoms with Gasteiger partial charge < -0.3 is 29.2 Å². The zero-order valence-corrected chi connectivity index (χ0v) is 27.8. The van der Waals surface area contributed by atoms with Crippen LogP contribution in [0.25, 0.3) is 0 Å². The lowest BCUT2D eigenvalue weighted by Gasteiger charge is -2.32. The number of sulfonamides is 1. The molecule has 1 N–H and O–H groups in total. The first-order valence-electron chi connectivity index (χ1n) is 15.3. The maximum atomic E-state index is 14.3. The Balaban J connectivity index is 1.72. The summed E-state index contributed by atoms with van der Waals surface area (Å²) in [6.45, 7) is 3.46. The largest absolute Gasteiger partial charge is 0.497 e. The second-order valence-corrected chi connectivity index (χ2v) is 12.9. The first-order valence-corrected chi connectivity index (χ1v) is 16.8. The number of ether oxygens (including phenoxy) is 4. The number of nitrogens with zero attached hydrogens (tertiary/aromatic N) is 2. The maximum Gasteiger partial charge on any atom is 0.264 e. The number of anilines is 1. The number of benzene rings is 3. The molecule has 3 aromatic rings. The summed E-state index contributed by atoms with van der Waals surface area (Å²) >= 11 is 0. The number of rotatable bonds is 15. The van der Waals surface area contributed by atoms with E-state index in [-0.39, 0.29) is 34.8 Å². The summed E-state index contributed by atoms with van der Waals surface area (Å²) in [5.41, 5.74) is 1.00. The highest BCUT2D eigenvalue weighted by Gasteiger charge is 2.34. The molecule has 0 unspecified atom stereocenters. The lowest BCUT2D eigenvalue weighted by molar-refractivity contribution is -0.139. The van der Waals surface area contributed by atoms with Gasteiger partial charge in [-0.05, 0) is 80.8 Å². The van der Waals surface area contributed by atoms with E-state index in [1.807, 2.05) is 19.1 Å². The van der Waals surface area contributed by atoms with Crippen LogP contribution in [-0.2, 0) is 26.2 Å². The molecule has 1 aliphatic carbocycles. The Bertz CT molecular complexity index is 1570. The third-order valence-electron chi connectivity index (χ3n) is 8.04. The zero-order chi connectivity index (χ0) is 33.3. The van der Waals surface area contributed by atoms with E-state index in [4.69, 9.17) is 18.9 Å². The van der Waals surface area contributed by atoms with Gasteiger partial charge in [0.2, 0.25) is 11.8 Å². The summed E-state index contributed by atoms with van der Waals surface area (Å²) in [5, 5.41) is 3.08. The fourth-order valence-corrected chi connectivity index (χ4v) is 6.84. The Morgan fingerprint density at radius 3 is 2.09 bits per heavy atom. The van der Waals surface area contributed by atoms with Crippen molar-refractivity contribution in [3.8, 4) is 23.0 Å². The molecule has 0 aliphatic heterocycles. The number of carbonyl (C=O) groups excluding carboxylic acids is 2. The Labute approximate surface area is 271 Å². The average Bonchev–Trinajstić information content (AvgIpc) is 3.59. The van der Waals surface area contributed by atoms with Crippen LogP contribution in [0.1, 0.15) is 45.1 Å². The Morgan fingerprint density at radius 1 is 0.870 bits per heavy atom. The molecule has 12 heteroatoms. The molecule has 11 nitrogen and oxygen atoms in total. The number of nitrogens with one attached hydrogen (secondary N) is 1. The van der Waals surface area contributed by atoms with Crippen LogP contribution in [-0.4, -0.2) is 71.7 Å². The van der Waals surface area contributed by atoms with Gasteiger partial charge in [-0.2, -0.15) is 0 Å². The second kappa shape index (κ2) is 15.7. The average molecular weight is 654 g/mol. The lowest BCUT2D eigenvalue weighted by Crippen LogP contribution is -2.52. The van der Waals surface area contributed by atoms with Crippen molar-refractivity contribution in [3.63, 3.8) is 0 Å². The highest BCUT2D eigenvalue weighted by Crippen LogP contribution is 2.33. The minimum absolute atomic E-state index is 0.0543. The van der Waals surface area contributed by atoms with Crippen molar-refractivity contribution in [2.24, 2.45) is 0 Å². The maximum absolute atomic E-state index is 14.3. The van der Waals surface area contributed by atoms with Gasteiger partial charge in [0.1, 0.15) is 24.1 Å². The van der Waals surface area contributed by atoms with Crippen molar-refractivity contribution in [2.45, 2.75) is 63.1 Å². The van der Waals surface area contributed by atoms with Gasteiger partial charge in [0.05, 0.1) is 38.5 Å². The number of hydrogen-bond acceptors (Lipinski definition) is 8. The van der Waals surface area contributed by atoms with Crippen LogP contribution < -0.4 is 28.6 Å². The van der Waals surface area contributed by atoms with Crippen molar-refractivity contribution in [2.75, 3.05) is 38.8 Å². The first-order chi connectivity index (χ1) is 22.1. The molecule has 0 bridgehead atoms. The second-order valence-electron chi connectivity index (χ2n) is 11.0. The third-order valence-corrected chi connectivity index (χ3v) is 9.81. The molecule has 0 spiro atoms. The van der Waals surface area contributed by atoms with E-state index in [2.05, 4.69) is 5.32 Å². The predicted octanol–water partition coefficient (Wildman–Crippen LogP) is 4.78. The van der Waals surface area contributed by atoms with E-state index in [1.165, 1.54) is 37.3 Å². The molecule has 1 aliphatic rings. The fraction of sp³-hybridized carbons (Fsp3) is 0.412. The third kappa shape index (κ3) is 8.22. The van der Waals surface area contributed by atoms with Crippen molar-refractivity contribution >= 4 is 27.5 Å². The molecule has 0 radical (unpaired) electrons. The van der Waals surface area contributed by atoms with Crippen LogP contribution in [0.2, 0.25) is 0 Å². The number of methoxy groups -OCH3 is 3. The molecule has 248 valence electrons. The SMILES string of the molecule is CCOc1ccc(N(CC(=O)N(Cc2ccc(OC)cc2)[C@@H](C)C(=O)NC2CCCC2)S(=O)(=O)c2ccc(OC)c(OC)c2)cc1. The van der Waals surface area contributed by atoms with E-state index >= 15 is 0 Å². The fourth-order valence-electron chi connectivity index (χ4n) is 5.41. The molecule has 1 atom stereocenters. The Morgan fingerprint density at radius 2 is 1.50 bits per heavy atom. The highest BCUT2D eigenvalue weighted by molar-refractivity contribution is 7.92. The van der Waals surface area contributed by atoms with Crippen LogP contribution in [0, 0.1) is 0 Å². The quantitative estimate of drug-likeness (QED) is 0.249. The van der Waals surface area contributed by atoms with Crippen molar-refractivity contribution in [1.29, 1.82) is 0 Å². The van der Waals surface area contributed by atoms with E-state index in [9.17, 15) is 18.0 Å². The molecule has 46 heavy (non-hydrogen) atoms. The summed E-state index contributed by atoms with van der Waals surface area (Å²) in [5.74, 6) is 0.945. The Kier molecular flexibility index (Phi) is 11.8. The summed E-state index contributed by atoms with van der Waals surface area (Å²) in [4.78, 5) is 29.0. The normalized spacial score (nSPS) is 13.8. The van der Waals surface area contributed by atoms with Gasteiger partial charge >= 0.3 is 0 Å². The molecular weight excluding hydrogens is 610 g/mol. The van der Waals surface area contributed by atoms with Crippen LogP contribution in [0.3, 0.4) is 0 Å². The van der Waals surface area contributed by atoms with Gasteiger partial charge in [0.15, 0.2) is 11.5 Å². The summed E-state index contributed by atoms with van der Waals surface area (Å²) < 4.78 is 51.1. The van der Waals surface area contributed by atoms with Crippen LogP contribution in [0.5, 0.6) is 23.0 Å². The molecule has 1 saturated carbocycles. The van der Waals surface area contributed by atoms with Gasteiger partial charge in [-0.3, -0.25) is 13.9 Å². The molecule has 1 fully saturated rings. The smallest absolute Gasteiger partial charge is 0.264 e. The number of amides is 2. The Hall–Kier alpha value is -4.45. The standard InChI is InChI=1S/C34H43N3O8S/c1-6-45-29-17-13-27(14-18-29)37(46(40,41)30-19-20-31(43-4)32(21-30)44-5)23-33(38)36(22-25-11-15-28(42-3)16-12-25)24(2)34(39)35-26-9-7-8-10-26/h11-21,24,26H,6-10,22-23H2,1-5H3,(H,35,39)/t24-/m0/s1. The lowest BCUT2D eigenvalue weighted by atomic mass is 10.1. The van der Waals surface area contributed by atoms with Crippen LogP contribution in [0.15, 0.2) is 71.6 Å². The molecule has 0 heterocycles. The number of carbonyl (C=O) groups is 2. The van der Waals surface area contributed by atoms with Crippen LogP contribution >= 0.6 is 0 Å². The van der Waals surface area contributed by atoms with Gasteiger partial charge in [-0.1, -0.05) is 25.0 Å². The topological polar surface area (TPSA) is 124 Å². The van der Waals surface area contributed by atoms with E-state index in [0.717, 1.165) is 35.6 Å². The number of hydrogen-bond donors (Lipinski definition) is 1. The van der Waals surface area contributed by atoms with Gasteiger partial charge in [0.25, 0.3) is 10.0 Å².